The van der Waals surface area contributed by atoms with Crippen LogP contribution in [0.25, 0.3) is 6.08 Å². The summed E-state index contributed by atoms with van der Waals surface area (Å²) >= 11 is 4.04. The van der Waals surface area contributed by atoms with Crippen LogP contribution in [-0.4, -0.2) is 23.2 Å². The SMILES string of the molecule is COc1ccc(/C=C/C2SCCS2)cc1. The maximum absolute atomic E-state index is 5.11. The highest BCUT2D eigenvalue weighted by molar-refractivity contribution is 8.20. The quantitative estimate of drug-likeness (QED) is 0.797. The van der Waals surface area contributed by atoms with Crippen LogP contribution in [-0.2, 0) is 0 Å². The fourth-order valence-corrected chi connectivity index (χ4v) is 3.97. The van der Waals surface area contributed by atoms with Crippen molar-refractivity contribution in [2.75, 3.05) is 18.6 Å². The fourth-order valence-electron chi connectivity index (χ4n) is 1.39. The van der Waals surface area contributed by atoms with Crippen molar-refractivity contribution in [2.45, 2.75) is 4.58 Å². The van der Waals surface area contributed by atoms with Crippen LogP contribution in [0.1, 0.15) is 5.56 Å². The van der Waals surface area contributed by atoms with Crippen molar-refractivity contribution in [1.29, 1.82) is 0 Å². The second-order valence-electron chi connectivity index (χ2n) is 3.24. The lowest BCUT2D eigenvalue weighted by atomic mass is 10.2. The fraction of sp³-hybridized carbons (Fsp3) is 0.333. The van der Waals surface area contributed by atoms with Crippen LogP contribution in [0.4, 0.5) is 0 Å². The summed E-state index contributed by atoms with van der Waals surface area (Å²) in [6.07, 6.45) is 4.47. The molecule has 1 aromatic carbocycles. The summed E-state index contributed by atoms with van der Waals surface area (Å²) in [5.41, 5.74) is 1.24. The van der Waals surface area contributed by atoms with Gasteiger partial charge in [-0.2, -0.15) is 0 Å². The normalized spacial score (nSPS) is 17.4. The number of benzene rings is 1. The number of hydrogen-bond donors (Lipinski definition) is 0. The Hall–Kier alpha value is -0.540. The first-order valence-electron chi connectivity index (χ1n) is 4.94. The zero-order valence-electron chi connectivity index (χ0n) is 8.68. The first-order valence-corrected chi connectivity index (χ1v) is 7.04. The molecule has 0 bridgehead atoms. The van der Waals surface area contributed by atoms with E-state index >= 15 is 0 Å². The third kappa shape index (κ3) is 3.21. The Morgan fingerprint density at radius 2 is 1.87 bits per heavy atom. The molecule has 0 radical (unpaired) electrons. The summed E-state index contributed by atoms with van der Waals surface area (Å²) in [6, 6.07) is 8.16. The lowest BCUT2D eigenvalue weighted by Crippen LogP contribution is -1.84. The van der Waals surface area contributed by atoms with Crippen LogP contribution >= 0.6 is 23.5 Å². The van der Waals surface area contributed by atoms with Gasteiger partial charge in [-0.1, -0.05) is 24.3 Å². The van der Waals surface area contributed by atoms with Gasteiger partial charge in [0.2, 0.25) is 0 Å². The van der Waals surface area contributed by atoms with Gasteiger partial charge >= 0.3 is 0 Å². The van der Waals surface area contributed by atoms with Crippen LogP contribution in [0.2, 0.25) is 0 Å². The van der Waals surface area contributed by atoms with Crippen molar-refractivity contribution in [3.63, 3.8) is 0 Å². The van der Waals surface area contributed by atoms with Gasteiger partial charge < -0.3 is 4.74 Å². The molecule has 0 atom stereocenters. The molecule has 3 heteroatoms. The molecular formula is C12H14OS2. The van der Waals surface area contributed by atoms with E-state index in [1.807, 2.05) is 35.7 Å². The Kier molecular flexibility index (Phi) is 4.03. The molecule has 1 aliphatic rings. The molecule has 0 aromatic heterocycles. The molecule has 0 spiro atoms. The summed E-state index contributed by atoms with van der Waals surface area (Å²) in [5.74, 6) is 3.47. The summed E-state index contributed by atoms with van der Waals surface area (Å²) in [5, 5.41) is 0. The van der Waals surface area contributed by atoms with Gasteiger partial charge in [-0.3, -0.25) is 0 Å². The zero-order valence-corrected chi connectivity index (χ0v) is 10.3. The predicted octanol–water partition coefficient (Wildman–Crippen LogP) is 3.51. The van der Waals surface area contributed by atoms with Crippen molar-refractivity contribution >= 4 is 29.6 Å². The Labute approximate surface area is 99.3 Å². The molecule has 0 saturated carbocycles. The van der Waals surface area contributed by atoms with Crippen LogP contribution < -0.4 is 4.74 Å². The van der Waals surface area contributed by atoms with Crippen LogP contribution in [0.3, 0.4) is 0 Å². The second-order valence-corrected chi connectivity index (χ2v) is 6.04. The van der Waals surface area contributed by atoms with Gasteiger partial charge in [0.25, 0.3) is 0 Å². The number of methoxy groups -OCH3 is 1. The third-order valence-corrected chi connectivity index (χ3v) is 5.14. The molecule has 15 heavy (non-hydrogen) atoms. The average Bonchev–Trinajstić information content (AvgIpc) is 2.80. The molecule has 1 aromatic rings. The van der Waals surface area contributed by atoms with Gasteiger partial charge in [-0.15, -0.1) is 23.5 Å². The lowest BCUT2D eigenvalue weighted by molar-refractivity contribution is 0.415. The maximum Gasteiger partial charge on any atom is 0.118 e. The monoisotopic (exact) mass is 238 g/mol. The molecule has 80 valence electrons. The van der Waals surface area contributed by atoms with Crippen LogP contribution in [0.15, 0.2) is 30.3 Å². The van der Waals surface area contributed by atoms with Gasteiger partial charge in [0, 0.05) is 11.5 Å². The van der Waals surface area contributed by atoms with E-state index in [4.69, 9.17) is 4.74 Å². The summed E-state index contributed by atoms with van der Waals surface area (Å²) < 4.78 is 5.76. The molecule has 1 fully saturated rings. The molecule has 1 nitrogen and oxygen atoms in total. The van der Waals surface area contributed by atoms with E-state index in [0.717, 1.165) is 5.75 Å². The van der Waals surface area contributed by atoms with Crippen molar-refractivity contribution in [3.05, 3.63) is 35.9 Å². The smallest absolute Gasteiger partial charge is 0.118 e. The van der Waals surface area contributed by atoms with E-state index in [0.29, 0.717) is 4.58 Å². The number of ether oxygens (including phenoxy) is 1. The Morgan fingerprint density at radius 1 is 1.20 bits per heavy atom. The first kappa shape index (κ1) is 11.0. The minimum Gasteiger partial charge on any atom is -0.497 e. The summed E-state index contributed by atoms with van der Waals surface area (Å²) in [4.78, 5) is 0. The van der Waals surface area contributed by atoms with Crippen molar-refractivity contribution in [2.24, 2.45) is 0 Å². The van der Waals surface area contributed by atoms with Crippen molar-refractivity contribution in [1.82, 2.24) is 0 Å². The lowest BCUT2D eigenvalue weighted by Gasteiger charge is -2.01. The standard InChI is InChI=1S/C12H14OS2/c1-13-11-5-2-10(3-6-11)4-7-12-14-8-9-15-12/h2-7,12H,8-9H2,1H3/b7-4+. The Balaban J connectivity index is 1.97. The highest BCUT2D eigenvalue weighted by Gasteiger charge is 2.11. The molecule has 0 aliphatic carbocycles. The molecule has 0 N–H and O–H groups in total. The van der Waals surface area contributed by atoms with E-state index in [9.17, 15) is 0 Å². The van der Waals surface area contributed by atoms with Gasteiger partial charge in [0.1, 0.15) is 5.75 Å². The molecule has 1 heterocycles. The molecular weight excluding hydrogens is 224 g/mol. The van der Waals surface area contributed by atoms with E-state index in [1.165, 1.54) is 17.1 Å². The van der Waals surface area contributed by atoms with E-state index in [1.54, 1.807) is 7.11 Å². The third-order valence-electron chi connectivity index (χ3n) is 2.21. The average molecular weight is 238 g/mol. The largest absolute Gasteiger partial charge is 0.497 e. The second kappa shape index (κ2) is 5.52. The zero-order chi connectivity index (χ0) is 10.5. The Bertz CT molecular complexity index is 326. The van der Waals surface area contributed by atoms with Gasteiger partial charge in [-0.05, 0) is 17.7 Å². The first-order chi connectivity index (χ1) is 7.38. The number of rotatable bonds is 3. The topological polar surface area (TPSA) is 9.23 Å². The van der Waals surface area contributed by atoms with Crippen molar-refractivity contribution in [3.8, 4) is 5.75 Å². The summed E-state index contributed by atoms with van der Waals surface area (Å²) in [6.45, 7) is 0. The van der Waals surface area contributed by atoms with E-state index in [-0.39, 0.29) is 0 Å². The van der Waals surface area contributed by atoms with E-state index < -0.39 is 0 Å². The highest BCUT2D eigenvalue weighted by atomic mass is 32.2. The highest BCUT2D eigenvalue weighted by Crippen LogP contribution is 2.33. The van der Waals surface area contributed by atoms with E-state index in [2.05, 4.69) is 24.3 Å². The van der Waals surface area contributed by atoms with Gasteiger partial charge in [0.05, 0.1) is 11.7 Å². The molecule has 1 saturated heterocycles. The van der Waals surface area contributed by atoms with Gasteiger partial charge in [-0.25, -0.2) is 0 Å². The minimum atomic E-state index is 0.645. The molecule has 2 rings (SSSR count). The molecule has 1 aliphatic heterocycles. The van der Waals surface area contributed by atoms with Crippen LogP contribution in [0.5, 0.6) is 5.75 Å². The Morgan fingerprint density at radius 3 is 2.47 bits per heavy atom. The summed E-state index contributed by atoms with van der Waals surface area (Å²) in [7, 11) is 1.69. The van der Waals surface area contributed by atoms with Gasteiger partial charge in [0.15, 0.2) is 0 Å². The minimum absolute atomic E-state index is 0.645. The number of hydrogen-bond acceptors (Lipinski definition) is 3. The molecule has 0 unspecified atom stereocenters. The maximum atomic E-state index is 5.11. The predicted molar refractivity (Wildman–Crippen MR) is 70.7 cm³/mol. The number of thioether (sulfide) groups is 2. The van der Waals surface area contributed by atoms with Crippen LogP contribution in [0, 0.1) is 0 Å². The molecule has 0 amide bonds. The van der Waals surface area contributed by atoms with Crippen molar-refractivity contribution < 1.29 is 4.74 Å².